The molecule has 1 heterocycles. The molecule has 15 heavy (non-hydrogen) atoms. The van der Waals surface area contributed by atoms with Gasteiger partial charge in [-0.25, -0.2) is 4.68 Å². The summed E-state index contributed by atoms with van der Waals surface area (Å²) >= 11 is 5.86. The highest BCUT2D eigenvalue weighted by Gasteiger charge is 2.08. The lowest BCUT2D eigenvalue weighted by Gasteiger charge is -2.13. The fourth-order valence-electron chi connectivity index (χ4n) is 1.10. The van der Waals surface area contributed by atoms with Crippen molar-refractivity contribution in [2.75, 3.05) is 5.32 Å². The number of halogens is 1. The van der Waals surface area contributed by atoms with Crippen molar-refractivity contribution in [1.29, 1.82) is 0 Å². The highest BCUT2D eigenvalue weighted by atomic mass is 35.5. The first-order valence-corrected chi connectivity index (χ1v) is 4.86. The number of rotatable bonds is 3. The molecule has 0 fully saturated rings. The van der Waals surface area contributed by atoms with Gasteiger partial charge in [0.2, 0.25) is 0 Å². The molecule has 5 heteroatoms. The Morgan fingerprint density at radius 3 is 3.07 bits per heavy atom. The minimum absolute atomic E-state index is 0.0569. The summed E-state index contributed by atoms with van der Waals surface area (Å²) in [5.41, 5.74) is 0.192. The van der Waals surface area contributed by atoms with Crippen LogP contribution in [-0.2, 0) is 7.05 Å². The lowest BCUT2D eigenvalue weighted by atomic mass is 10.2. The molecular weight excluding hydrogens is 214 g/mol. The van der Waals surface area contributed by atoms with Crippen molar-refractivity contribution in [2.24, 2.45) is 7.05 Å². The average molecular weight is 226 g/mol. The first kappa shape index (κ1) is 11.6. The SMILES string of the molecule is C#CCC(C)Nc1cnn(C)c(=O)c1Cl. The smallest absolute Gasteiger partial charge is 0.287 e. The zero-order chi connectivity index (χ0) is 11.4. The number of aryl methyl sites for hydroxylation is 1. The lowest BCUT2D eigenvalue weighted by Crippen LogP contribution is -2.23. The second kappa shape index (κ2) is 4.85. The summed E-state index contributed by atoms with van der Waals surface area (Å²) in [6.45, 7) is 1.91. The van der Waals surface area contributed by atoms with Crippen LogP contribution in [0.4, 0.5) is 5.69 Å². The van der Waals surface area contributed by atoms with Gasteiger partial charge in [-0.05, 0) is 6.92 Å². The third kappa shape index (κ3) is 2.74. The molecule has 1 aromatic rings. The Bertz CT molecular complexity index is 447. The van der Waals surface area contributed by atoms with Crippen molar-refractivity contribution in [3.63, 3.8) is 0 Å². The summed E-state index contributed by atoms with van der Waals surface area (Å²) in [6.07, 6.45) is 7.24. The summed E-state index contributed by atoms with van der Waals surface area (Å²) in [6, 6.07) is 0.0569. The summed E-state index contributed by atoms with van der Waals surface area (Å²) < 4.78 is 1.18. The molecule has 1 aromatic heterocycles. The molecule has 80 valence electrons. The molecule has 0 saturated carbocycles. The number of hydrogen-bond acceptors (Lipinski definition) is 3. The standard InChI is InChI=1S/C10H12ClN3O/c1-4-5-7(2)13-8-6-12-14(3)10(15)9(8)11/h1,6-7,13H,5H2,2-3H3. The Morgan fingerprint density at radius 2 is 2.47 bits per heavy atom. The van der Waals surface area contributed by atoms with Gasteiger partial charge in [0.15, 0.2) is 0 Å². The summed E-state index contributed by atoms with van der Waals surface area (Å²) in [4.78, 5) is 11.4. The minimum Gasteiger partial charge on any atom is -0.379 e. The molecule has 4 nitrogen and oxygen atoms in total. The number of terminal acetylenes is 1. The van der Waals surface area contributed by atoms with Crippen molar-refractivity contribution in [3.8, 4) is 12.3 Å². The molecule has 0 aliphatic carbocycles. The van der Waals surface area contributed by atoms with Crippen LogP contribution in [-0.4, -0.2) is 15.8 Å². The lowest BCUT2D eigenvalue weighted by molar-refractivity contribution is 0.705. The van der Waals surface area contributed by atoms with Gasteiger partial charge in [-0.1, -0.05) is 11.6 Å². The zero-order valence-corrected chi connectivity index (χ0v) is 9.38. The molecule has 0 amide bonds. The van der Waals surface area contributed by atoms with Gasteiger partial charge in [0.05, 0.1) is 11.9 Å². The van der Waals surface area contributed by atoms with Crippen LogP contribution < -0.4 is 10.9 Å². The van der Waals surface area contributed by atoms with E-state index in [0.717, 1.165) is 0 Å². The van der Waals surface area contributed by atoms with E-state index in [1.54, 1.807) is 7.05 Å². The van der Waals surface area contributed by atoms with Crippen LogP contribution in [0.15, 0.2) is 11.0 Å². The number of hydrogen-bond donors (Lipinski definition) is 1. The first-order valence-electron chi connectivity index (χ1n) is 4.48. The number of aromatic nitrogens is 2. The van der Waals surface area contributed by atoms with Crippen molar-refractivity contribution in [3.05, 3.63) is 21.6 Å². The molecule has 1 N–H and O–H groups in total. The Hall–Kier alpha value is -1.47. The molecular formula is C10H12ClN3O. The molecule has 1 rings (SSSR count). The third-order valence-electron chi connectivity index (χ3n) is 1.90. The van der Waals surface area contributed by atoms with Crippen molar-refractivity contribution in [2.45, 2.75) is 19.4 Å². The summed E-state index contributed by atoms with van der Waals surface area (Å²) in [5.74, 6) is 2.52. The van der Waals surface area contributed by atoms with Crippen LogP contribution in [0.5, 0.6) is 0 Å². The number of nitrogens with one attached hydrogen (secondary N) is 1. The topological polar surface area (TPSA) is 46.9 Å². The fourth-order valence-corrected chi connectivity index (χ4v) is 1.33. The molecule has 0 aliphatic rings. The monoisotopic (exact) mass is 225 g/mol. The molecule has 0 saturated heterocycles. The largest absolute Gasteiger partial charge is 0.379 e. The van der Waals surface area contributed by atoms with Crippen LogP contribution >= 0.6 is 11.6 Å². The van der Waals surface area contributed by atoms with Crippen LogP contribution in [0.3, 0.4) is 0 Å². The molecule has 0 radical (unpaired) electrons. The quantitative estimate of drug-likeness (QED) is 0.788. The third-order valence-corrected chi connectivity index (χ3v) is 2.27. The number of nitrogens with zero attached hydrogens (tertiary/aromatic N) is 2. The van der Waals surface area contributed by atoms with E-state index in [0.29, 0.717) is 12.1 Å². The van der Waals surface area contributed by atoms with Gasteiger partial charge >= 0.3 is 0 Å². The number of anilines is 1. The fraction of sp³-hybridized carbons (Fsp3) is 0.400. The molecule has 1 atom stereocenters. The molecule has 1 unspecified atom stereocenters. The van der Waals surface area contributed by atoms with E-state index in [2.05, 4.69) is 16.3 Å². The van der Waals surface area contributed by atoms with Crippen LogP contribution in [0, 0.1) is 12.3 Å². The minimum atomic E-state index is -0.324. The van der Waals surface area contributed by atoms with Gasteiger partial charge in [0.1, 0.15) is 5.02 Å². The van der Waals surface area contributed by atoms with E-state index in [1.165, 1.54) is 10.9 Å². The van der Waals surface area contributed by atoms with E-state index < -0.39 is 0 Å². The van der Waals surface area contributed by atoms with Gasteiger partial charge in [-0.3, -0.25) is 4.79 Å². The Balaban J connectivity index is 2.93. The van der Waals surface area contributed by atoms with E-state index in [-0.39, 0.29) is 16.6 Å². The van der Waals surface area contributed by atoms with E-state index in [4.69, 9.17) is 18.0 Å². The predicted molar refractivity (Wildman–Crippen MR) is 61.0 cm³/mol. The van der Waals surface area contributed by atoms with Gasteiger partial charge < -0.3 is 5.32 Å². The molecule has 0 aromatic carbocycles. The second-order valence-corrected chi connectivity index (χ2v) is 3.63. The molecule has 0 bridgehead atoms. The van der Waals surface area contributed by atoms with Gasteiger partial charge in [-0.15, -0.1) is 12.3 Å². The maximum atomic E-state index is 11.4. The van der Waals surface area contributed by atoms with Crippen molar-refractivity contribution < 1.29 is 0 Å². The average Bonchev–Trinajstić information content (AvgIpc) is 2.20. The highest BCUT2D eigenvalue weighted by molar-refractivity contribution is 6.32. The van der Waals surface area contributed by atoms with Crippen LogP contribution in [0.1, 0.15) is 13.3 Å². The van der Waals surface area contributed by atoms with E-state index in [1.807, 2.05) is 6.92 Å². The predicted octanol–water partition coefficient (Wildman–Crippen LogP) is 1.26. The molecule has 0 spiro atoms. The zero-order valence-electron chi connectivity index (χ0n) is 8.62. The van der Waals surface area contributed by atoms with Gasteiger partial charge in [0.25, 0.3) is 5.56 Å². The Kier molecular flexibility index (Phi) is 3.75. The van der Waals surface area contributed by atoms with E-state index in [9.17, 15) is 4.79 Å². The summed E-state index contributed by atoms with van der Waals surface area (Å²) in [5, 5.41) is 7.02. The Labute approximate surface area is 93.3 Å². The maximum absolute atomic E-state index is 11.4. The van der Waals surface area contributed by atoms with Gasteiger partial charge in [0, 0.05) is 19.5 Å². The van der Waals surface area contributed by atoms with Crippen LogP contribution in [0.2, 0.25) is 5.02 Å². The normalized spacial score (nSPS) is 11.9. The van der Waals surface area contributed by atoms with Gasteiger partial charge in [-0.2, -0.15) is 5.10 Å². The first-order chi connectivity index (χ1) is 7.06. The highest BCUT2D eigenvalue weighted by Crippen LogP contribution is 2.16. The van der Waals surface area contributed by atoms with Crippen molar-refractivity contribution >= 4 is 17.3 Å². The van der Waals surface area contributed by atoms with E-state index >= 15 is 0 Å². The van der Waals surface area contributed by atoms with Crippen molar-refractivity contribution in [1.82, 2.24) is 9.78 Å². The Morgan fingerprint density at radius 1 is 1.80 bits per heavy atom. The van der Waals surface area contributed by atoms with Crippen LogP contribution in [0.25, 0.3) is 0 Å². The summed E-state index contributed by atoms with van der Waals surface area (Å²) in [7, 11) is 1.54. The maximum Gasteiger partial charge on any atom is 0.287 e. The second-order valence-electron chi connectivity index (χ2n) is 3.25. The molecule has 0 aliphatic heterocycles.